The van der Waals surface area contributed by atoms with Crippen molar-refractivity contribution in [3.05, 3.63) is 28.7 Å². The average molecular weight is 304 g/mol. The van der Waals surface area contributed by atoms with E-state index in [0.717, 1.165) is 17.3 Å². The molecular formula is C11H14BrNO2S. The van der Waals surface area contributed by atoms with Crippen molar-refractivity contribution in [3.8, 4) is 0 Å². The van der Waals surface area contributed by atoms with Gasteiger partial charge in [-0.15, -0.1) is 0 Å². The summed E-state index contributed by atoms with van der Waals surface area (Å²) in [5.74, 6) is 0.519. The van der Waals surface area contributed by atoms with Crippen molar-refractivity contribution in [2.75, 3.05) is 0 Å². The summed E-state index contributed by atoms with van der Waals surface area (Å²) in [6.07, 6.45) is 2.26. The van der Waals surface area contributed by atoms with Gasteiger partial charge in [0.2, 0.25) is 10.0 Å². The molecule has 1 aromatic rings. The van der Waals surface area contributed by atoms with Crippen molar-refractivity contribution >= 4 is 26.0 Å². The topological polar surface area (TPSA) is 46.2 Å². The van der Waals surface area contributed by atoms with Crippen LogP contribution in [0.1, 0.15) is 19.8 Å². The number of sulfonamides is 1. The molecule has 0 aromatic heterocycles. The van der Waals surface area contributed by atoms with Crippen LogP contribution in [0.15, 0.2) is 33.6 Å². The van der Waals surface area contributed by atoms with E-state index >= 15 is 0 Å². The zero-order valence-corrected chi connectivity index (χ0v) is 11.4. The zero-order chi connectivity index (χ0) is 11.8. The Hall–Kier alpha value is -0.390. The van der Waals surface area contributed by atoms with E-state index in [9.17, 15) is 8.42 Å². The van der Waals surface area contributed by atoms with Crippen LogP contribution in [0.5, 0.6) is 0 Å². The molecule has 0 heterocycles. The monoisotopic (exact) mass is 303 g/mol. The SMILES string of the molecule is C[C@@H](NS(=O)(=O)c1ccc(Br)cc1)C1CC1. The minimum atomic E-state index is -3.35. The molecule has 3 nitrogen and oxygen atoms in total. The van der Waals surface area contributed by atoms with Crippen LogP contribution in [0.25, 0.3) is 0 Å². The summed E-state index contributed by atoms with van der Waals surface area (Å²) in [6, 6.07) is 6.71. The van der Waals surface area contributed by atoms with Crippen LogP contribution in [0.4, 0.5) is 0 Å². The number of hydrogen-bond acceptors (Lipinski definition) is 2. The second-order valence-corrected chi connectivity index (χ2v) is 6.83. The molecular weight excluding hydrogens is 290 g/mol. The van der Waals surface area contributed by atoms with Gasteiger partial charge in [-0.1, -0.05) is 15.9 Å². The average Bonchev–Trinajstić information content (AvgIpc) is 3.00. The summed E-state index contributed by atoms with van der Waals surface area (Å²) in [7, 11) is -3.35. The maximum atomic E-state index is 12.0. The molecule has 2 rings (SSSR count). The lowest BCUT2D eigenvalue weighted by Gasteiger charge is -2.13. The molecule has 0 unspecified atom stereocenters. The minimum absolute atomic E-state index is 0.0358. The lowest BCUT2D eigenvalue weighted by Crippen LogP contribution is -2.33. The van der Waals surface area contributed by atoms with Crippen LogP contribution in [0.2, 0.25) is 0 Å². The fourth-order valence-electron chi connectivity index (χ4n) is 1.62. The van der Waals surface area contributed by atoms with Crippen molar-refractivity contribution in [3.63, 3.8) is 0 Å². The molecule has 1 fully saturated rings. The molecule has 1 saturated carbocycles. The van der Waals surface area contributed by atoms with Crippen molar-refractivity contribution < 1.29 is 8.42 Å². The van der Waals surface area contributed by atoms with Crippen molar-refractivity contribution in [2.45, 2.75) is 30.7 Å². The molecule has 1 aliphatic carbocycles. The summed E-state index contributed by atoms with van der Waals surface area (Å²) in [6.45, 7) is 1.92. The first kappa shape index (κ1) is 12.1. The van der Waals surface area contributed by atoms with E-state index in [2.05, 4.69) is 20.7 Å². The van der Waals surface area contributed by atoms with Gasteiger partial charge in [-0.05, 0) is 49.9 Å². The van der Waals surface area contributed by atoms with E-state index in [0.29, 0.717) is 10.8 Å². The highest BCUT2D eigenvalue weighted by molar-refractivity contribution is 9.10. The lowest BCUT2D eigenvalue weighted by atomic mass is 10.2. The van der Waals surface area contributed by atoms with E-state index in [1.165, 1.54) is 0 Å². The molecule has 88 valence electrons. The summed E-state index contributed by atoms with van der Waals surface area (Å²) in [5.41, 5.74) is 0. The molecule has 1 aromatic carbocycles. The Morgan fingerprint density at radius 2 is 1.88 bits per heavy atom. The Morgan fingerprint density at radius 1 is 1.31 bits per heavy atom. The fourth-order valence-corrected chi connectivity index (χ4v) is 3.20. The van der Waals surface area contributed by atoms with Gasteiger partial charge in [-0.3, -0.25) is 0 Å². The Kier molecular flexibility index (Phi) is 3.37. The Morgan fingerprint density at radius 3 is 2.38 bits per heavy atom. The molecule has 0 spiro atoms. The zero-order valence-electron chi connectivity index (χ0n) is 8.98. The van der Waals surface area contributed by atoms with E-state index in [1.54, 1.807) is 24.3 Å². The van der Waals surface area contributed by atoms with Gasteiger partial charge in [0.1, 0.15) is 0 Å². The highest BCUT2D eigenvalue weighted by Gasteiger charge is 2.31. The molecule has 0 amide bonds. The first-order valence-corrected chi connectivity index (χ1v) is 7.54. The van der Waals surface area contributed by atoms with Crippen LogP contribution in [0.3, 0.4) is 0 Å². The number of hydrogen-bond donors (Lipinski definition) is 1. The second kappa shape index (κ2) is 4.47. The predicted molar refractivity (Wildman–Crippen MR) is 66.6 cm³/mol. The summed E-state index contributed by atoms with van der Waals surface area (Å²) in [4.78, 5) is 0.322. The van der Waals surface area contributed by atoms with E-state index in [1.807, 2.05) is 6.92 Å². The van der Waals surface area contributed by atoms with Gasteiger partial charge < -0.3 is 0 Å². The van der Waals surface area contributed by atoms with E-state index in [-0.39, 0.29) is 6.04 Å². The molecule has 1 N–H and O–H groups in total. The van der Waals surface area contributed by atoms with Crippen LogP contribution >= 0.6 is 15.9 Å². The van der Waals surface area contributed by atoms with E-state index < -0.39 is 10.0 Å². The Labute approximate surface area is 104 Å². The van der Waals surface area contributed by atoms with Gasteiger partial charge in [-0.25, -0.2) is 13.1 Å². The Balaban J connectivity index is 2.14. The quantitative estimate of drug-likeness (QED) is 0.929. The molecule has 0 bridgehead atoms. The van der Waals surface area contributed by atoms with Gasteiger partial charge in [0.25, 0.3) is 0 Å². The smallest absolute Gasteiger partial charge is 0.208 e. The Bertz CT molecular complexity index is 465. The van der Waals surface area contributed by atoms with Crippen molar-refractivity contribution in [2.24, 2.45) is 5.92 Å². The van der Waals surface area contributed by atoms with E-state index in [4.69, 9.17) is 0 Å². The summed E-state index contributed by atoms with van der Waals surface area (Å²) < 4.78 is 27.5. The first-order chi connectivity index (χ1) is 7.49. The van der Waals surface area contributed by atoms with Gasteiger partial charge in [-0.2, -0.15) is 0 Å². The van der Waals surface area contributed by atoms with Gasteiger partial charge >= 0.3 is 0 Å². The number of benzene rings is 1. The van der Waals surface area contributed by atoms with Gasteiger partial charge in [0.15, 0.2) is 0 Å². The molecule has 0 aliphatic heterocycles. The van der Waals surface area contributed by atoms with Crippen LogP contribution in [0, 0.1) is 5.92 Å². The van der Waals surface area contributed by atoms with Crippen LogP contribution < -0.4 is 4.72 Å². The maximum Gasteiger partial charge on any atom is 0.240 e. The third kappa shape index (κ3) is 2.84. The predicted octanol–water partition coefficient (Wildman–Crippen LogP) is 2.53. The number of nitrogens with one attached hydrogen (secondary N) is 1. The third-order valence-corrected chi connectivity index (χ3v) is 4.90. The number of rotatable bonds is 4. The maximum absolute atomic E-state index is 12.0. The fraction of sp³-hybridized carbons (Fsp3) is 0.455. The molecule has 0 saturated heterocycles. The second-order valence-electron chi connectivity index (χ2n) is 4.20. The van der Waals surface area contributed by atoms with Crippen molar-refractivity contribution in [1.82, 2.24) is 4.72 Å². The lowest BCUT2D eigenvalue weighted by molar-refractivity contribution is 0.538. The van der Waals surface area contributed by atoms with Crippen molar-refractivity contribution in [1.29, 1.82) is 0 Å². The van der Waals surface area contributed by atoms with Gasteiger partial charge in [0, 0.05) is 10.5 Å². The largest absolute Gasteiger partial charge is 0.240 e. The molecule has 16 heavy (non-hydrogen) atoms. The molecule has 5 heteroatoms. The molecule has 1 aliphatic rings. The standard InChI is InChI=1S/C11H14BrNO2S/c1-8(9-2-3-9)13-16(14,15)11-6-4-10(12)5-7-11/h4-9,13H,2-3H2,1H3/t8-/m1/s1. The van der Waals surface area contributed by atoms with Gasteiger partial charge in [0.05, 0.1) is 4.90 Å². The van der Waals surface area contributed by atoms with Crippen LogP contribution in [-0.2, 0) is 10.0 Å². The highest BCUT2D eigenvalue weighted by Crippen LogP contribution is 2.33. The highest BCUT2D eigenvalue weighted by atomic mass is 79.9. The summed E-state index contributed by atoms with van der Waals surface area (Å²) in [5, 5.41) is 0. The van der Waals surface area contributed by atoms with Crippen LogP contribution in [-0.4, -0.2) is 14.5 Å². The first-order valence-electron chi connectivity index (χ1n) is 5.27. The third-order valence-electron chi connectivity index (χ3n) is 2.79. The normalized spacial score (nSPS) is 18.4. The number of halogens is 1. The molecule has 1 atom stereocenters. The summed E-state index contributed by atoms with van der Waals surface area (Å²) >= 11 is 3.28. The molecule has 0 radical (unpaired) electrons. The minimum Gasteiger partial charge on any atom is -0.208 e.